The number of hydrogen-bond donors (Lipinski definition) is 3. The summed E-state index contributed by atoms with van der Waals surface area (Å²) in [6.45, 7) is 0.156. The average molecular weight is 384 g/mol. The topological polar surface area (TPSA) is 121 Å². The van der Waals surface area contributed by atoms with Crippen molar-refractivity contribution in [1.82, 2.24) is 9.97 Å². The van der Waals surface area contributed by atoms with Crippen molar-refractivity contribution in [3.8, 4) is 23.0 Å². The van der Waals surface area contributed by atoms with Crippen LogP contribution in [-0.2, 0) is 6.42 Å². The number of aromatic nitrogens is 2. The van der Waals surface area contributed by atoms with E-state index < -0.39 is 0 Å². The van der Waals surface area contributed by atoms with E-state index in [0.717, 1.165) is 10.9 Å². The maximum absolute atomic E-state index is 9.42. The van der Waals surface area contributed by atoms with Gasteiger partial charge in [0.2, 0.25) is 6.79 Å². The molecule has 0 amide bonds. The summed E-state index contributed by atoms with van der Waals surface area (Å²) >= 11 is 0. The highest BCUT2D eigenvalue weighted by molar-refractivity contribution is 5.94. The van der Waals surface area contributed by atoms with Crippen LogP contribution in [0.1, 0.15) is 5.56 Å². The first-order valence-electron chi connectivity index (χ1n) is 8.70. The number of rotatable bonds is 7. The zero-order valence-electron chi connectivity index (χ0n) is 15.3. The van der Waals surface area contributed by atoms with Gasteiger partial charge in [-0.3, -0.25) is 5.73 Å². The van der Waals surface area contributed by atoms with Gasteiger partial charge in [-0.1, -0.05) is 6.07 Å². The number of ether oxygens (including phenoxy) is 4. The molecule has 1 aliphatic heterocycles. The summed E-state index contributed by atoms with van der Waals surface area (Å²) in [7, 11) is 1.55. The van der Waals surface area contributed by atoms with Crippen molar-refractivity contribution < 1.29 is 24.1 Å². The van der Waals surface area contributed by atoms with Crippen LogP contribution >= 0.6 is 0 Å². The van der Waals surface area contributed by atoms with E-state index in [0.29, 0.717) is 46.4 Å². The van der Waals surface area contributed by atoms with Crippen molar-refractivity contribution >= 4 is 22.4 Å². The molecular formula is C19H20N4O5. The van der Waals surface area contributed by atoms with E-state index in [2.05, 4.69) is 15.3 Å². The van der Waals surface area contributed by atoms with Crippen molar-refractivity contribution in [2.45, 2.75) is 6.42 Å². The Morgan fingerprint density at radius 1 is 1.21 bits per heavy atom. The Morgan fingerprint density at radius 3 is 2.89 bits per heavy atom. The molecule has 0 fully saturated rings. The number of anilines is 2. The molecule has 4 N–H and O–H groups in total. The van der Waals surface area contributed by atoms with Crippen molar-refractivity contribution in [2.75, 3.05) is 32.6 Å². The molecule has 3 aromatic rings. The van der Waals surface area contributed by atoms with Crippen LogP contribution in [-0.4, -0.2) is 42.3 Å². The van der Waals surface area contributed by atoms with Crippen LogP contribution in [0.15, 0.2) is 30.6 Å². The average Bonchev–Trinajstić information content (AvgIpc) is 3.19. The maximum atomic E-state index is 9.42. The summed E-state index contributed by atoms with van der Waals surface area (Å²) in [5.41, 5.74) is 7.77. The Balaban J connectivity index is 1.82. The number of nitrogens with two attached hydrogens (primary N) is 1. The van der Waals surface area contributed by atoms with Gasteiger partial charge in [0, 0.05) is 18.1 Å². The van der Waals surface area contributed by atoms with Gasteiger partial charge in [-0.15, -0.1) is 0 Å². The fourth-order valence-electron chi connectivity index (χ4n) is 3.12. The second-order valence-corrected chi connectivity index (χ2v) is 5.99. The fourth-order valence-corrected chi connectivity index (χ4v) is 3.12. The molecular weight excluding hydrogens is 364 g/mol. The number of aliphatic hydroxyl groups excluding tert-OH is 1. The molecule has 9 nitrogen and oxygen atoms in total. The van der Waals surface area contributed by atoms with E-state index in [1.165, 1.54) is 6.33 Å². The van der Waals surface area contributed by atoms with E-state index in [1.54, 1.807) is 19.2 Å². The van der Waals surface area contributed by atoms with E-state index in [4.69, 9.17) is 24.7 Å². The number of aliphatic hydroxyl groups is 1. The van der Waals surface area contributed by atoms with Crippen molar-refractivity contribution in [3.63, 3.8) is 0 Å². The normalized spacial score (nSPS) is 12.2. The lowest BCUT2D eigenvalue weighted by Crippen LogP contribution is -2.08. The largest absolute Gasteiger partial charge is 0.493 e. The van der Waals surface area contributed by atoms with E-state index in [-0.39, 0.29) is 20.1 Å². The van der Waals surface area contributed by atoms with Gasteiger partial charge < -0.3 is 29.4 Å². The highest BCUT2D eigenvalue weighted by Crippen LogP contribution is 2.44. The first-order valence-corrected chi connectivity index (χ1v) is 8.70. The molecule has 0 saturated carbocycles. The van der Waals surface area contributed by atoms with Gasteiger partial charge in [0.25, 0.3) is 0 Å². The minimum Gasteiger partial charge on any atom is -0.493 e. The second-order valence-electron chi connectivity index (χ2n) is 5.99. The lowest BCUT2D eigenvalue weighted by molar-refractivity contribution is 0.174. The van der Waals surface area contributed by atoms with Crippen LogP contribution in [0.5, 0.6) is 23.0 Å². The standard InChI is InChI=1S/C19H20N4O5/c1-25-15-7-13-12(6-16(15)26-8-20)19(22-9-21-13)23-17-11(4-5-24)2-3-14-18(17)28-10-27-14/h2-3,6-7,9,24H,4-5,8,10,20H2,1H3,(H,21,22,23). The molecule has 1 aromatic heterocycles. The van der Waals surface area contributed by atoms with Crippen molar-refractivity contribution in [2.24, 2.45) is 5.73 Å². The Morgan fingerprint density at radius 2 is 2.11 bits per heavy atom. The summed E-state index contributed by atoms with van der Waals surface area (Å²) in [6.07, 6.45) is 1.91. The molecule has 0 atom stereocenters. The predicted octanol–water partition coefficient (Wildman–Crippen LogP) is 1.94. The SMILES string of the molecule is COc1cc2ncnc(Nc3c(CCO)ccc4c3OCO4)c2cc1OCN. The number of nitrogens with one attached hydrogen (secondary N) is 1. The van der Waals surface area contributed by atoms with Gasteiger partial charge in [0.1, 0.15) is 18.9 Å². The van der Waals surface area contributed by atoms with E-state index in [9.17, 15) is 5.11 Å². The molecule has 0 spiro atoms. The lowest BCUT2D eigenvalue weighted by Gasteiger charge is -2.16. The predicted molar refractivity (Wildman–Crippen MR) is 102 cm³/mol. The highest BCUT2D eigenvalue weighted by Gasteiger charge is 2.22. The minimum atomic E-state index is 0.00450. The smallest absolute Gasteiger partial charge is 0.231 e. The number of benzene rings is 2. The molecule has 146 valence electrons. The molecule has 0 radical (unpaired) electrons. The van der Waals surface area contributed by atoms with Crippen LogP contribution in [0.25, 0.3) is 10.9 Å². The van der Waals surface area contributed by atoms with Gasteiger partial charge in [0.05, 0.1) is 18.3 Å². The summed E-state index contributed by atoms with van der Waals surface area (Å²) in [6, 6.07) is 7.25. The van der Waals surface area contributed by atoms with Crippen molar-refractivity contribution in [1.29, 1.82) is 0 Å². The zero-order valence-corrected chi connectivity index (χ0v) is 15.3. The Bertz CT molecular complexity index is 1010. The van der Waals surface area contributed by atoms with Crippen LogP contribution in [0.4, 0.5) is 11.5 Å². The van der Waals surface area contributed by atoms with Crippen LogP contribution in [0.2, 0.25) is 0 Å². The Hall–Kier alpha value is -3.30. The molecule has 1 aliphatic rings. The molecule has 0 saturated heterocycles. The van der Waals surface area contributed by atoms with Gasteiger partial charge in [0.15, 0.2) is 23.0 Å². The number of methoxy groups -OCH3 is 1. The Labute approximate surface area is 161 Å². The molecule has 9 heteroatoms. The summed E-state index contributed by atoms with van der Waals surface area (Å²) in [4.78, 5) is 8.69. The maximum Gasteiger partial charge on any atom is 0.231 e. The van der Waals surface area contributed by atoms with Gasteiger partial charge >= 0.3 is 0 Å². The number of nitrogens with zero attached hydrogens (tertiary/aromatic N) is 2. The lowest BCUT2D eigenvalue weighted by atomic mass is 10.1. The van der Waals surface area contributed by atoms with E-state index in [1.807, 2.05) is 12.1 Å². The summed E-state index contributed by atoms with van der Waals surface area (Å²) in [5.74, 6) is 2.79. The van der Waals surface area contributed by atoms with Gasteiger partial charge in [-0.25, -0.2) is 9.97 Å². The quantitative estimate of drug-likeness (QED) is 0.525. The third kappa shape index (κ3) is 3.21. The van der Waals surface area contributed by atoms with Gasteiger partial charge in [-0.05, 0) is 24.1 Å². The third-order valence-electron chi connectivity index (χ3n) is 4.41. The summed E-state index contributed by atoms with van der Waals surface area (Å²) < 4.78 is 21.9. The molecule has 28 heavy (non-hydrogen) atoms. The van der Waals surface area contributed by atoms with Crippen LogP contribution in [0, 0.1) is 0 Å². The molecule has 4 rings (SSSR count). The summed E-state index contributed by atoms with van der Waals surface area (Å²) in [5, 5.41) is 13.4. The van der Waals surface area contributed by atoms with Gasteiger partial charge in [-0.2, -0.15) is 0 Å². The molecule has 2 heterocycles. The molecule has 0 bridgehead atoms. The fraction of sp³-hybridized carbons (Fsp3) is 0.263. The molecule has 0 aliphatic carbocycles. The Kier molecular flexibility index (Phi) is 5.00. The van der Waals surface area contributed by atoms with Crippen LogP contribution < -0.4 is 30.0 Å². The monoisotopic (exact) mass is 384 g/mol. The first kappa shape index (κ1) is 18.1. The number of hydrogen-bond acceptors (Lipinski definition) is 9. The minimum absolute atomic E-state index is 0.00450. The molecule has 0 unspecified atom stereocenters. The second kappa shape index (κ2) is 7.75. The van der Waals surface area contributed by atoms with Crippen LogP contribution in [0.3, 0.4) is 0 Å². The third-order valence-corrected chi connectivity index (χ3v) is 4.41. The zero-order chi connectivity index (χ0) is 19.5. The highest BCUT2D eigenvalue weighted by atomic mass is 16.7. The molecule has 2 aromatic carbocycles. The first-order chi connectivity index (χ1) is 13.7. The van der Waals surface area contributed by atoms with E-state index >= 15 is 0 Å². The number of fused-ring (bicyclic) bond motifs is 2. The van der Waals surface area contributed by atoms with Crippen molar-refractivity contribution in [3.05, 3.63) is 36.2 Å².